The lowest BCUT2D eigenvalue weighted by Gasteiger charge is -2.11. The number of hydrogen-bond donors (Lipinski definition) is 3. The zero-order chi connectivity index (χ0) is 15.3. The van der Waals surface area contributed by atoms with Crippen LogP contribution in [0.1, 0.15) is 17.3 Å². The van der Waals surface area contributed by atoms with Crippen molar-refractivity contribution in [3.8, 4) is 0 Å². The van der Waals surface area contributed by atoms with Crippen LogP contribution in [-0.4, -0.2) is 38.2 Å². The predicted molar refractivity (Wildman–Crippen MR) is 74.5 cm³/mol. The Kier molecular flexibility index (Phi) is 5.09. The van der Waals surface area contributed by atoms with E-state index in [0.717, 1.165) is 6.26 Å². The van der Waals surface area contributed by atoms with Gasteiger partial charge < -0.3 is 16.3 Å². The zero-order valence-electron chi connectivity index (χ0n) is 11.2. The van der Waals surface area contributed by atoms with E-state index in [1.165, 1.54) is 24.3 Å². The molecule has 1 aromatic carbocycles. The van der Waals surface area contributed by atoms with Crippen LogP contribution in [0.2, 0.25) is 0 Å². The quantitative estimate of drug-likeness (QED) is 0.310. The molecule has 0 radical (unpaired) electrons. The van der Waals surface area contributed by atoms with Gasteiger partial charge in [-0.15, -0.1) is 0 Å². The number of nitrogens with two attached hydrogens (primary N) is 1. The number of amidine groups is 1. The molecule has 0 fully saturated rings. The van der Waals surface area contributed by atoms with Crippen molar-refractivity contribution in [3.05, 3.63) is 29.8 Å². The SMILES string of the molecule is CC(CNC(=O)c1ccc(S(C)(=O)=O)cc1)C(N)=NO. The van der Waals surface area contributed by atoms with Crippen molar-refractivity contribution in [1.29, 1.82) is 0 Å². The van der Waals surface area contributed by atoms with Gasteiger partial charge in [0.05, 0.1) is 4.90 Å². The molecular weight excluding hydrogens is 282 g/mol. The molecule has 0 aliphatic carbocycles. The Morgan fingerprint density at radius 3 is 2.40 bits per heavy atom. The zero-order valence-corrected chi connectivity index (χ0v) is 12.0. The number of nitrogens with zero attached hydrogens (tertiary/aromatic N) is 1. The maximum atomic E-state index is 11.8. The first-order valence-electron chi connectivity index (χ1n) is 5.81. The molecule has 1 atom stereocenters. The number of rotatable bonds is 5. The highest BCUT2D eigenvalue weighted by Crippen LogP contribution is 2.10. The molecule has 0 bridgehead atoms. The largest absolute Gasteiger partial charge is 0.409 e. The maximum Gasteiger partial charge on any atom is 0.251 e. The minimum atomic E-state index is -3.28. The minimum Gasteiger partial charge on any atom is -0.409 e. The number of carbonyl (C=O) groups excluding carboxylic acids is 1. The first kappa shape index (κ1) is 16.0. The second-order valence-corrected chi connectivity index (χ2v) is 6.45. The summed E-state index contributed by atoms with van der Waals surface area (Å²) in [5, 5.41) is 14.0. The topological polar surface area (TPSA) is 122 Å². The molecule has 110 valence electrons. The number of carbonyl (C=O) groups is 1. The Morgan fingerprint density at radius 2 is 1.95 bits per heavy atom. The molecule has 20 heavy (non-hydrogen) atoms. The van der Waals surface area contributed by atoms with E-state index in [1.807, 2.05) is 0 Å². The molecule has 1 rings (SSSR count). The molecule has 4 N–H and O–H groups in total. The van der Waals surface area contributed by atoms with Crippen LogP contribution in [0.5, 0.6) is 0 Å². The molecule has 0 saturated heterocycles. The van der Waals surface area contributed by atoms with Crippen LogP contribution in [0.25, 0.3) is 0 Å². The highest BCUT2D eigenvalue weighted by molar-refractivity contribution is 7.90. The van der Waals surface area contributed by atoms with Crippen molar-refractivity contribution in [3.63, 3.8) is 0 Å². The van der Waals surface area contributed by atoms with Crippen molar-refractivity contribution < 1.29 is 18.4 Å². The lowest BCUT2D eigenvalue weighted by atomic mass is 10.1. The molecule has 0 aromatic heterocycles. The van der Waals surface area contributed by atoms with Gasteiger partial charge >= 0.3 is 0 Å². The summed E-state index contributed by atoms with van der Waals surface area (Å²) in [4.78, 5) is 12.0. The van der Waals surface area contributed by atoms with E-state index in [4.69, 9.17) is 10.9 Å². The van der Waals surface area contributed by atoms with Crippen molar-refractivity contribution in [2.45, 2.75) is 11.8 Å². The molecule has 0 saturated carbocycles. The Hall–Kier alpha value is -2.09. The molecule has 0 aliphatic rings. The number of nitrogens with one attached hydrogen (secondary N) is 1. The monoisotopic (exact) mass is 299 g/mol. The van der Waals surface area contributed by atoms with Crippen molar-refractivity contribution >= 4 is 21.6 Å². The number of sulfone groups is 1. The molecule has 1 unspecified atom stereocenters. The smallest absolute Gasteiger partial charge is 0.251 e. The van der Waals surface area contributed by atoms with Gasteiger partial charge in [0.2, 0.25) is 0 Å². The number of hydrogen-bond acceptors (Lipinski definition) is 5. The molecule has 0 spiro atoms. The third kappa shape index (κ3) is 4.23. The van der Waals surface area contributed by atoms with Crippen LogP contribution < -0.4 is 11.1 Å². The molecule has 0 heterocycles. The Labute approximate surface area is 117 Å². The van der Waals surface area contributed by atoms with Crippen molar-refractivity contribution in [2.75, 3.05) is 12.8 Å². The van der Waals surface area contributed by atoms with Crippen LogP contribution >= 0.6 is 0 Å². The molecule has 1 aromatic rings. The third-order valence-electron chi connectivity index (χ3n) is 2.73. The Balaban J connectivity index is 2.70. The molecule has 8 heteroatoms. The first-order valence-corrected chi connectivity index (χ1v) is 7.70. The summed E-state index contributed by atoms with van der Waals surface area (Å²) >= 11 is 0. The van der Waals surface area contributed by atoms with E-state index < -0.39 is 9.84 Å². The lowest BCUT2D eigenvalue weighted by molar-refractivity contribution is 0.0951. The summed E-state index contributed by atoms with van der Waals surface area (Å²) in [6, 6.07) is 5.61. The highest BCUT2D eigenvalue weighted by Gasteiger charge is 2.12. The van der Waals surface area contributed by atoms with Gasteiger partial charge in [-0.25, -0.2) is 8.42 Å². The predicted octanol–water partition coefficient (Wildman–Crippen LogP) is 0.202. The van der Waals surface area contributed by atoms with Crippen LogP contribution in [0.4, 0.5) is 0 Å². The van der Waals surface area contributed by atoms with Gasteiger partial charge in [0.1, 0.15) is 5.84 Å². The van der Waals surface area contributed by atoms with Crippen molar-refractivity contribution in [1.82, 2.24) is 5.32 Å². The summed E-state index contributed by atoms with van der Waals surface area (Å²) in [6.07, 6.45) is 1.10. The number of oxime groups is 1. The summed E-state index contributed by atoms with van der Waals surface area (Å²) < 4.78 is 22.6. The standard InChI is InChI=1S/C12H17N3O4S/c1-8(11(13)15-17)7-14-12(16)9-3-5-10(6-4-9)20(2,18)19/h3-6,8,17H,7H2,1-2H3,(H2,13,15)(H,14,16). The first-order chi connectivity index (χ1) is 9.25. The number of benzene rings is 1. The molecule has 7 nitrogen and oxygen atoms in total. The molecular formula is C12H17N3O4S. The van der Waals surface area contributed by atoms with Gasteiger partial charge in [-0.05, 0) is 24.3 Å². The van der Waals surface area contributed by atoms with E-state index >= 15 is 0 Å². The summed E-state index contributed by atoms with van der Waals surface area (Å²) in [6.45, 7) is 1.91. The van der Waals surface area contributed by atoms with E-state index in [1.54, 1.807) is 6.92 Å². The summed E-state index contributed by atoms with van der Waals surface area (Å²) in [5.41, 5.74) is 5.73. The van der Waals surface area contributed by atoms with Crippen LogP contribution in [0, 0.1) is 5.92 Å². The van der Waals surface area contributed by atoms with Crippen molar-refractivity contribution in [2.24, 2.45) is 16.8 Å². The average Bonchev–Trinajstić information content (AvgIpc) is 2.42. The van der Waals surface area contributed by atoms with E-state index in [2.05, 4.69) is 10.5 Å². The summed E-state index contributed by atoms with van der Waals surface area (Å²) in [7, 11) is -3.28. The Bertz CT molecular complexity index is 608. The van der Waals surface area contributed by atoms with E-state index in [0.29, 0.717) is 5.56 Å². The highest BCUT2D eigenvalue weighted by atomic mass is 32.2. The van der Waals surface area contributed by atoms with Crippen LogP contribution in [0.15, 0.2) is 34.3 Å². The van der Waals surface area contributed by atoms with Gasteiger partial charge in [-0.2, -0.15) is 0 Å². The van der Waals surface area contributed by atoms with Gasteiger partial charge in [0, 0.05) is 24.3 Å². The van der Waals surface area contributed by atoms with E-state index in [9.17, 15) is 13.2 Å². The fourth-order valence-corrected chi connectivity index (χ4v) is 2.03. The fraction of sp³-hybridized carbons (Fsp3) is 0.333. The fourth-order valence-electron chi connectivity index (χ4n) is 1.40. The normalized spacial score (nSPS) is 13.8. The van der Waals surface area contributed by atoms with Crippen LogP contribution in [-0.2, 0) is 9.84 Å². The molecule has 0 aliphatic heterocycles. The summed E-state index contributed by atoms with van der Waals surface area (Å²) in [5.74, 6) is -0.639. The number of amides is 1. The minimum absolute atomic E-state index is 0.0257. The Morgan fingerprint density at radius 1 is 1.40 bits per heavy atom. The third-order valence-corrected chi connectivity index (χ3v) is 3.86. The van der Waals surface area contributed by atoms with Crippen LogP contribution in [0.3, 0.4) is 0 Å². The second kappa shape index (κ2) is 6.38. The second-order valence-electron chi connectivity index (χ2n) is 4.43. The van der Waals surface area contributed by atoms with Gasteiger partial charge in [-0.3, -0.25) is 4.79 Å². The van der Waals surface area contributed by atoms with E-state index in [-0.39, 0.29) is 29.1 Å². The average molecular weight is 299 g/mol. The lowest BCUT2D eigenvalue weighted by Crippen LogP contribution is -2.34. The van der Waals surface area contributed by atoms with Gasteiger partial charge in [0.25, 0.3) is 5.91 Å². The van der Waals surface area contributed by atoms with Gasteiger partial charge in [-0.1, -0.05) is 12.1 Å². The van der Waals surface area contributed by atoms with Gasteiger partial charge in [0.15, 0.2) is 9.84 Å². The maximum absolute atomic E-state index is 11.8. The molecule has 1 amide bonds.